The van der Waals surface area contributed by atoms with Crippen LogP contribution in [0, 0.1) is 20.8 Å². The van der Waals surface area contributed by atoms with Crippen LogP contribution in [0.2, 0.25) is 0 Å². The Kier molecular flexibility index (Phi) is 5.71. The fraction of sp³-hybridized carbons (Fsp3) is 0.240. The van der Waals surface area contributed by atoms with Crippen molar-refractivity contribution in [3.8, 4) is 11.6 Å². The van der Waals surface area contributed by atoms with E-state index in [1.807, 2.05) is 93.0 Å². The molecule has 1 amide bonds. The van der Waals surface area contributed by atoms with Crippen molar-refractivity contribution in [2.45, 2.75) is 33.7 Å². The molecule has 0 saturated carbocycles. The van der Waals surface area contributed by atoms with E-state index in [0.717, 1.165) is 33.5 Å². The number of nitrogens with zero attached hydrogens (tertiary/aromatic N) is 3. The normalized spacial score (nSPS) is 12.0. The summed E-state index contributed by atoms with van der Waals surface area (Å²) in [5.41, 5.74) is 5.79. The highest BCUT2D eigenvalue weighted by atomic mass is 16.5. The van der Waals surface area contributed by atoms with Crippen molar-refractivity contribution in [2.75, 3.05) is 6.61 Å². The summed E-state index contributed by atoms with van der Waals surface area (Å²) in [5, 5.41) is 8.63. The molecule has 0 aliphatic heterocycles. The molecule has 4 aromatic rings. The standard InChI is InChI=1S/C25H26N4O2/c1-16-10-12-21(13-11-16)29-25-24(19(4)28-29)17(2)14-23(27-25)31-15-22(30)26-18(3)20-8-6-5-7-9-20/h5-14,18H,15H2,1-4H3,(H,26,30). The van der Waals surface area contributed by atoms with E-state index in [9.17, 15) is 4.79 Å². The summed E-state index contributed by atoms with van der Waals surface area (Å²) in [4.78, 5) is 17.1. The number of benzene rings is 2. The molecule has 0 aliphatic carbocycles. The number of hydrogen-bond donors (Lipinski definition) is 1. The molecule has 158 valence electrons. The fourth-order valence-corrected chi connectivity index (χ4v) is 3.66. The molecule has 4 rings (SSSR count). The topological polar surface area (TPSA) is 69.0 Å². The maximum atomic E-state index is 12.4. The molecule has 0 saturated heterocycles. The molecule has 6 heteroatoms. The van der Waals surface area contributed by atoms with Gasteiger partial charge < -0.3 is 10.1 Å². The van der Waals surface area contributed by atoms with E-state index in [0.29, 0.717) is 5.88 Å². The second-order valence-corrected chi connectivity index (χ2v) is 7.80. The molecule has 0 radical (unpaired) electrons. The van der Waals surface area contributed by atoms with Crippen LogP contribution < -0.4 is 10.1 Å². The number of aromatic nitrogens is 3. The van der Waals surface area contributed by atoms with Crippen LogP contribution in [0.25, 0.3) is 16.7 Å². The number of nitrogens with one attached hydrogen (secondary N) is 1. The van der Waals surface area contributed by atoms with Gasteiger partial charge in [0, 0.05) is 11.5 Å². The highest BCUT2D eigenvalue weighted by Crippen LogP contribution is 2.26. The van der Waals surface area contributed by atoms with Crippen molar-refractivity contribution < 1.29 is 9.53 Å². The molecular formula is C25H26N4O2. The Bertz CT molecular complexity index is 1210. The number of ether oxygens (including phenoxy) is 1. The highest BCUT2D eigenvalue weighted by Gasteiger charge is 2.16. The molecule has 1 N–H and O–H groups in total. The Morgan fingerprint density at radius 2 is 1.77 bits per heavy atom. The lowest BCUT2D eigenvalue weighted by Gasteiger charge is -2.14. The number of rotatable bonds is 6. The summed E-state index contributed by atoms with van der Waals surface area (Å²) in [6, 6.07) is 19.7. The molecular weight excluding hydrogens is 388 g/mol. The van der Waals surface area contributed by atoms with E-state index in [4.69, 9.17) is 4.74 Å². The second kappa shape index (κ2) is 8.60. The number of amides is 1. The molecule has 0 fully saturated rings. The lowest BCUT2D eigenvalue weighted by atomic mass is 10.1. The second-order valence-electron chi connectivity index (χ2n) is 7.80. The van der Waals surface area contributed by atoms with E-state index in [-0.39, 0.29) is 18.6 Å². The first-order valence-electron chi connectivity index (χ1n) is 10.3. The van der Waals surface area contributed by atoms with E-state index in [1.165, 1.54) is 5.56 Å². The molecule has 1 atom stereocenters. The molecule has 6 nitrogen and oxygen atoms in total. The molecule has 2 heterocycles. The number of aryl methyl sites for hydroxylation is 3. The molecule has 2 aromatic carbocycles. The van der Waals surface area contributed by atoms with E-state index in [1.54, 1.807) is 0 Å². The van der Waals surface area contributed by atoms with Gasteiger partial charge in [0.1, 0.15) is 0 Å². The lowest BCUT2D eigenvalue weighted by Crippen LogP contribution is -2.31. The van der Waals surface area contributed by atoms with Gasteiger partial charge in [0.25, 0.3) is 5.91 Å². The monoisotopic (exact) mass is 414 g/mol. The van der Waals surface area contributed by atoms with Gasteiger partial charge in [-0.1, -0.05) is 48.0 Å². The zero-order valence-electron chi connectivity index (χ0n) is 18.2. The largest absolute Gasteiger partial charge is 0.468 e. The summed E-state index contributed by atoms with van der Waals surface area (Å²) in [7, 11) is 0. The number of hydrogen-bond acceptors (Lipinski definition) is 4. The van der Waals surface area contributed by atoms with Crippen molar-refractivity contribution in [2.24, 2.45) is 0 Å². The van der Waals surface area contributed by atoms with Gasteiger partial charge in [0.2, 0.25) is 5.88 Å². The van der Waals surface area contributed by atoms with Crippen LogP contribution in [-0.2, 0) is 4.79 Å². The highest BCUT2D eigenvalue weighted by molar-refractivity contribution is 5.84. The Labute approximate surface area is 181 Å². The minimum absolute atomic E-state index is 0.0971. The smallest absolute Gasteiger partial charge is 0.258 e. The summed E-state index contributed by atoms with van der Waals surface area (Å²) in [5.74, 6) is 0.208. The third-order valence-corrected chi connectivity index (χ3v) is 5.29. The number of fused-ring (bicyclic) bond motifs is 1. The molecule has 0 spiro atoms. The molecule has 1 unspecified atom stereocenters. The van der Waals surface area contributed by atoms with Crippen LogP contribution >= 0.6 is 0 Å². The predicted octanol–water partition coefficient (Wildman–Crippen LogP) is 4.60. The van der Waals surface area contributed by atoms with Gasteiger partial charge in [-0.15, -0.1) is 0 Å². The summed E-state index contributed by atoms with van der Waals surface area (Å²) in [6.45, 7) is 7.87. The molecule has 0 bridgehead atoms. The Morgan fingerprint density at radius 1 is 1.06 bits per heavy atom. The van der Waals surface area contributed by atoms with Gasteiger partial charge in [0.15, 0.2) is 12.3 Å². The van der Waals surface area contributed by atoms with Crippen LogP contribution in [0.5, 0.6) is 5.88 Å². The minimum Gasteiger partial charge on any atom is -0.468 e. The van der Waals surface area contributed by atoms with Crippen molar-refractivity contribution in [1.29, 1.82) is 0 Å². The molecule has 31 heavy (non-hydrogen) atoms. The van der Waals surface area contributed by atoms with Gasteiger partial charge in [-0.25, -0.2) is 4.68 Å². The third-order valence-electron chi connectivity index (χ3n) is 5.29. The zero-order chi connectivity index (χ0) is 22.0. The van der Waals surface area contributed by atoms with Gasteiger partial charge in [0.05, 0.1) is 17.4 Å². The maximum Gasteiger partial charge on any atom is 0.258 e. The summed E-state index contributed by atoms with van der Waals surface area (Å²) < 4.78 is 7.57. The quantitative estimate of drug-likeness (QED) is 0.501. The van der Waals surface area contributed by atoms with Crippen molar-refractivity contribution in [3.63, 3.8) is 0 Å². The molecule has 2 aromatic heterocycles. The minimum atomic E-state index is -0.195. The van der Waals surface area contributed by atoms with Gasteiger partial charge in [-0.2, -0.15) is 10.1 Å². The Morgan fingerprint density at radius 3 is 2.48 bits per heavy atom. The summed E-state index contributed by atoms with van der Waals surface area (Å²) >= 11 is 0. The first kappa shape index (κ1) is 20.6. The fourth-order valence-electron chi connectivity index (χ4n) is 3.66. The first-order valence-corrected chi connectivity index (χ1v) is 10.3. The van der Waals surface area contributed by atoms with Crippen molar-refractivity contribution in [1.82, 2.24) is 20.1 Å². The average Bonchev–Trinajstić information content (AvgIpc) is 3.10. The van der Waals surface area contributed by atoms with Crippen LogP contribution in [0.1, 0.15) is 35.3 Å². The number of pyridine rings is 1. The third kappa shape index (κ3) is 4.43. The van der Waals surface area contributed by atoms with Crippen molar-refractivity contribution >= 4 is 16.9 Å². The van der Waals surface area contributed by atoms with E-state index >= 15 is 0 Å². The van der Waals surface area contributed by atoms with Gasteiger partial charge in [-0.3, -0.25) is 4.79 Å². The SMILES string of the molecule is Cc1ccc(-n2nc(C)c3c(C)cc(OCC(=O)NC(C)c4ccccc4)nc32)cc1. The maximum absolute atomic E-state index is 12.4. The Balaban J connectivity index is 1.54. The van der Waals surface area contributed by atoms with Gasteiger partial charge in [-0.05, 0) is 51.0 Å². The van der Waals surface area contributed by atoms with Crippen LogP contribution in [0.15, 0.2) is 60.7 Å². The van der Waals surface area contributed by atoms with Crippen LogP contribution in [-0.4, -0.2) is 27.3 Å². The van der Waals surface area contributed by atoms with Crippen molar-refractivity contribution in [3.05, 3.63) is 83.0 Å². The number of carbonyl (C=O) groups excluding carboxylic acids is 1. The van der Waals surface area contributed by atoms with E-state index < -0.39 is 0 Å². The summed E-state index contributed by atoms with van der Waals surface area (Å²) in [6.07, 6.45) is 0. The van der Waals surface area contributed by atoms with Crippen LogP contribution in [0.3, 0.4) is 0 Å². The Hall–Kier alpha value is -3.67. The molecule has 0 aliphatic rings. The van der Waals surface area contributed by atoms with Gasteiger partial charge >= 0.3 is 0 Å². The van der Waals surface area contributed by atoms with E-state index in [2.05, 4.69) is 15.4 Å². The first-order chi connectivity index (χ1) is 14.9. The van der Waals surface area contributed by atoms with Crippen LogP contribution in [0.4, 0.5) is 0 Å². The average molecular weight is 415 g/mol. The lowest BCUT2D eigenvalue weighted by molar-refractivity contribution is -0.123. The predicted molar refractivity (Wildman–Crippen MR) is 122 cm³/mol. The number of carbonyl (C=O) groups is 1. The zero-order valence-corrected chi connectivity index (χ0v) is 18.2.